The monoisotopic (exact) mass is 244 g/mol. The van der Waals surface area contributed by atoms with Crippen molar-refractivity contribution in [1.82, 2.24) is 10.2 Å². The van der Waals surface area contributed by atoms with Crippen molar-refractivity contribution in [3.05, 3.63) is 0 Å². The molecule has 0 amide bonds. The molecule has 2 atom stereocenters. The minimum atomic E-state index is -4.06. The molecule has 0 radical (unpaired) electrons. The summed E-state index contributed by atoms with van der Waals surface area (Å²) in [5, 5.41) is 3.19. The number of nitrogens with one attached hydrogen (secondary N) is 1. The van der Waals surface area contributed by atoms with Crippen molar-refractivity contribution in [3.63, 3.8) is 0 Å². The molecule has 1 heterocycles. The Kier molecular flexibility index (Phi) is 3.90. The number of nitrogens with zero attached hydrogens (tertiary/aromatic N) is 1. The van der Waals surface area contributed by atoms with Crippen molar-refractivity contribution in [2.24, 2.45) is 11.8 Å². The zero-order chi connectivity index (χ0) is 10.3. The van der Waals surface area contributed by atoms with Gasteiger partial charge >= 0.3 is 6.18 Å². The van der Waals surface area contributed by atoms with Crippen molar-refractivity contribution < 1.29 is 13.2 Å². The summed E-state index contributed by atoms with van der Waals surface area (Å²) >= 11 is 0. The van der Waals surface area contributed by atoms with E-state index in [-0.39, 0.29) is 18.4 Å². The van der Waals surface area contributed by atoms with Gasteiger partial charge in [-0.3, -0.25) is 4.90 Å². The first-order valence-electron chi connectivity index (χ1n) is 5.04. The SMILES string of the molecule is CCN(CC(F)(F)F)C1C2CNCC21.Cl. The van der Waals surface area contributed by atoms with Crippen molar-refractivity contribution in [2.75, 3.05) is 26.2 Å². The number of hydrogen-bond donors (Lipinski definition) is 1. The molecule has 0 aromatic carbocycles. The van der Waals surface area contributed by atoms with E-state index in [1.807, 2.05) is 0 Å². The smallest absolute Gasteiger partial charge is 0.316 e. The maximum absolute atomic E-state index is 12.2. The molecule has 0 aromatic heterocycles. The zero-order valence-corrected chi connectivity index (χ0v) is 9.37. The first kappa shape index (κ1) is 13.1. The fourth-order valence-corrected chi connectivity index (χ4v) is 2.59. The lowest BCUT2D eigenvalue weighted by Gasteiger charge is -2.23. The molecule has 6 heteroatoms. The lowest BCUT2D eigenvalue weighted by atomic mass is 10.3. The zero-order valence-electron chi connectivity index (χ0n) is 8.55. The second-order valence-electron chi connectivity index (χ2n) is 4.15. The molecular weight excluding hydrogens is 229 g/mol. The standard InChI is InChI=1S/C9H15F3N2.ClH/c1-2-14(5-9(10,11)12)8-6-3-13-4-7(6)8;/h6-8,13H,2-5H2,1H3;1H. The predicted molar refractivity (Wildman–Crippen MR) is 54.2 cm³/mol. The number of hydrogen-bond acceptors (Lipinski definition) is 2. The Morgan fingerprint density at radius 1 is 1.27 bits per heavy atom. The highest BCUT2D eigenvalue weighted by molar-refractivity contribution is 5.85. The number of alkyl halides is 3. The van der Waals surface area contributed by atoms with Gasteiger partial charge in [0.05, 0.1) is 6.54 Å². The average molecular weight is 245 g/mol. The van der Waals surface area contributed by atoms with E-state index in [9.17, 15) is 13.2 Å². The van der Waals surface area contributed by atoms with E-state index < -0.39 is 12.7 Å². The van der Waals surface area contributed by atoms with E-state index in [2.05, 4.69) is 5.32 Å². The lowest BCUT2D eigenvalue weighted by molar-refractivity contribution is -0.147. The van der Waals surface area contributed by atoms with Crippen LogP contribution in [0.15, 0.2) is 0 Å². The highest BCUT2D eigenvalue weighted by Crippen LogP contribution is 2.46. The molecule has 1 saturated carbocycles. The Morgan fingerprint density at radius 3 is 2.20 bits per heavy atom. The Morgan fingerprint density at radius 2 is 1.80 bits per heavy atom. The van der Waals surface area contributed by atoms with Crippen LogP contribution in [0.3, 0.4) is 0 Å². The van der Waals surface area contributed by atoms with Gasteiger partial charge in [-0.15, -0.1) is 12.4 Å². The van der Waals surface area contributed by atoms with Crippen LogP contribution in [-0.2, 0) is 0 Å². The molecule has 90 valence electrons. The summed E-state index contributed by atoms with van der Waals surface area (Å²) in [4.78, 5) is 1.57. The third kappa shape index (κ3) is 2.77. The van der Waals surface area contributed by atoms with Gasteiger partial charge in [0, 0.05) is 6.04 Å². The van der Waals surface area contributed by atoms with E-state index in [4.69, 9.17) is 0 Å². The molecule has 2 aliphatic rings. The summed E-state index contributed by atoms with van der Waals surface area (Å²) < 4.78 is 36.6. The average Bonchev–Trinajstić information content (AvgIpc) is 2.56. The van der Waals surface area contributed by atoms with Crippen molar-refractivity contribution >= 4 is 12.4 Å². The van der Waals surface area contributed by atoms with Gasteiger partial charge in [-0.25, -0.2) is 0 Å². The summed E-state index contributed by atoms with van der Waals surface area (Å²) in [6.07, 6.45) is -4.06. The predicted octanol–water partition coefficient (Wildman–Crippen LogP) is 1.51. The molecule has 2 unspecified atom stereocenters. The van der Waals surface area contributed by atoms with Crippen LogP contribution in [-0.4, -0.2) is 43.3 Å². The summed E-state index contributed by atoms with van der Waals surface area (Å²) in [7, 11) is 0. The van der Waals surface area contributed by atoms with Crippen LogP contribution in [0, 0.1) is 11.8 Å². The van der Waals surface area contributed by atoms with E-state index in [1.165, 1.54) is 0 Å². The van der Waals surface area contributed by atoms with E-state index in [0.717, 1.165) is 13.1 Å². The molecular formula is C9H16ClF3N2. The second kappa shape index (κ2) is 4.47. The molecule has 2 rings (SSSR count). The molecule has 2 fully saturated rings. The van der Waals surface area contributed by atoms with Crippen molar-refractivity contribution in [1.29, 1.82) is 0 Å². The van der Waals surface area contributed by atoms with Crippen LogP contribution < -0.4 is 5.32 Å². The van der Waals surface area contributed by atoms with E-state index in [0.29, 0.717) is 18.4 Å². The highest BCUT2D eigenvalue weighted by atomic mass is 35.5. The van der Waals surface area contributed by atoms with Gasteiger partial charge in [0.15, 0.2) is 0 Å². The first-order chi connectivity index (χ1) is 6.53. The van der Waals surface area contributed by atoms with Gasteiger partial charge in [0.25, 0.3) is 0 Å². The van der Waals surface area contributed by atoms with Gasteiger partial charge < -0.3 is 5.32 Å². The normalized spacial score (nSPS) is 33.8. The van der Waals surface area contributed by atoms with Gasteiger partial charge in [-0.2, -0.15) is 13.2 Å². The van der Waals surface area contributed by atoms with Crippen molar-refractivity contribution in [3.8, 4) is 0 Å². The van der Waals surface area contributed by atoms with E-state index >= 15 is 0 Å². The van der Waals surface area contributed by atoms with Gasteiger partial charge in [0.2, 0.25) is 0 Å². The Labute approximate surface area is 93.6 Å². The molecule has 0 bridgehead atoms. The fraction of sp³-hybridized carbons (Fsp3) is 1.00. The van der Waals surface area contributed by atoms with Crippen LogP contribution >= 0.6 is 12.4 Å². The van der Waals surface area contributed by atoms with E-state index in [1.54, 1.807) is 11.8 Å². The first-order valence-corrected chi connectivity index (χ1v) is 5.04. The van der Waals surface area contributed by atoms with Gasteiger partial charge in [-0.05, 0) is 31.5 Å². The number of rotatable bonds is 3. The molecule has 1 aliphatic carbocycles. The second-order valence-corrected chi connectivity index (χ2v) is 4.15. The third-order valence-electron chi connectivity index (χ3n) is 3.26. The number of halogens is 4. The van der Waals surface area contributed by atoms with Crippen LogP contribution in [0.4, 0.5) is 13.2 Å². The minimum Gasteiger partial charge on any atom is -0.316 e. The number of fused-ring (bicyclic) bond motifs is 1. The summed E-state index contributed by atoms with van der Waals surface area (Å²) in [6.45, 7) is 3.33. The lowest BCUT2D eigenvalue weighted by Crippen LogP contribution is -2.39. The molecule has 0 spiro atoms. The maximum Gasteiger partial charge on any atom is 0.401 e. The summed E-state index contributed by atoms with van der Waals surface area (Å²) in [5.74, 6) is 0.939. The molecule has 1 saturated heterocycles. The van der Waals surface area contributed by atoms with Crippen LogP contribution in [0.25, 0.3) is 0 Å². The number of piperidine rings is 1. The maximum atomic E-state index is 12.2. The van der Waals surface area contributed by atoms with Gasteiger partial charge in [0.1, 0.15) is 0 Å². The molecule has 15 heavy (non-hydrogen) atoms. The Hall–Kier alpha value is 0. The molecule has 0 aromatic rings. The third-order valence-corrected chi connectivity index (χ3v) is 3.26. The van der Waals surface area contributed by atoms with Gasteiger partial charge in [-0.1, -0.05) is 6.92 Å². The molecule has 1 N–H and O–H groups in total. The largest absolute Gasteiger partial charge is 0.401 e. The minimum absolute atomic E-state index is 0. The topological polar surface area (TPSA) is 15.3 Å². The van der Waals surface area contributed by atoms with Crippen LogP contribution in [0.2, 0.25) is 0 Å². The Balaban J connectivity index is 0.00000112. The van der Waals surface area contributed by atoms with Crippen LogP contribution in [0.1, 0.15) is 6.92 Å². The summed E-state index contributed by atoms with van der Waals surface area (Å²) in [5.41, 5.74) is 0. The fourth-order valence-electron chi connectivity index (χ4n) is 2.59. The molecule has 1 aliphatic heterocycles. The quantitative estimate of drug-likeness (QED) is 0.810. The van der Waals surface area contributed by atoms with Crippen LogP contribution in [0.5, 0.6) is 0 Å². The summed E-state index contributed by atoms with van der Waals surface area (Å²) in [6, 6.07) is 0.183. The highest BCUT2D eigenvalue weighted by Gasteiger charge is 2.56. The molecule has 2 nitrogen and oxygen atoms in total. The van der Waals surface area contributed by atoms with Crippen molar-refractivity contribution in [2.45, 2.75) is 19.1 Å². The Bertz CT molecular complexity index is 212.